The molecule has 4 nitrogen and oxygen atoms in total. The molecule has 1 aromatic heterocycles. The van der Waals surface area contributed by atoms with Gasteiger partial charge in [0.1, 0.15) is 22.4 Å². The van der Waals surface area contributed by atoms with Gasteiger partial charge in [-0.2, -0.15) is 0 Å². The number of halogens is 1. The maximum absolute atomic E-state index is 4.45. The van der Waals surface area contributed by atoms with Crippen molar-refractivity contribution in [2.24, 2.45) is 0 Å². The third-order valence-corrected chi connectivity index (χ3v) is 4.12. The Balaban J connectivity index is 2.21. The molecule has 1 aromatic rings. The summed E-state index contributed by atoms with van der Waals surface area (Å²) in [6.45, 7) is 6.44. The first-order valence-electron chi connectivity index (χ1n) is 6.75. The average molecular weight is 313 g/mol. The summed E-state index contributed by atoms with van der Waals surface area (Å²) in [7, 11) is 0. The highest BCUT2D eigenvalue weighted by Gasteiger charge is 2.22. The minimum absolute atomic E-state index is 0.559. The van der Waals surface area contributed by atoms with Gasteiger partial charge in [-0.3, -0.25) is 0 Å². The highest BCUT2D eigenvalue weighted by Crippen LogP contribution is 2.33. The molecule has 0 amide bonds. The molecule has 2 rings (SSSR count). The molecule has 0 aliphatic carbocycles. The van der Waals surface area contributed by atoms with Gasteiger partial charge in [0, 0.05) is 19.1 Å². The predicted octanol–water partition coefficient (Wildman–Crippen LogP) is 3.44. The quantitative estimate of drug-likeness (QED) is 0.924. The number of hydrogen-bond acceptors (Lipinski definition) is 4. The summed E-state index contributed by atoms with van der Waals surface area (Å²) in [5.74, 6) is 1.93. The van der Waals surface area contributed by atoms with Crippen LogP contribution in [-0.2, 0) is 0 Å². The third kappa shape index (κ3) is 2.94. The molecule has 1 saturated heterocycles. The van der Waals surface area contributed by atoms with Crippen molar-refractivity contribution in [3.8, 4) is 0 Å². The van der Waals surface area contributed by atoms with Crippen molar-refractivity contribution in [1.29, 1.82) is 0 Å². The standard InChI is InChI=1S/C13H21BrN4/c1-3-7-15-12-11(14)13(17-9-16-12)18-8-5-4-6-10(18)2/h9-10H,3-8H2,1-2H3,(H,15,16,17). The van der Waals surface area contributed by atoms with E-state index in [-0.39, 0.29) is 0 Å². The maximum Gasteiger partial charge on any atom is 0.148 e. The molecule has 0 saturated carbocycles. The van der Waals surface area contributed by atoms with Crippen molar-refractivity contribution in [1.82, 2.24) is 9.97 Å². The molecule has 2 heterocycles. The summed E-state index contributed by atoms with van der Waals surface area (Å²) in [5.41, 5.74) is 0. The molecule has 0 aromatic carbocycles. The average Bonchev–Trinajstić information content (AvgIpc) is 2.39. The smallest absolute Gasteiger partial charge is 0.148 e. The highest BCUT2D eigenvalue weighted by atomic mass is 79.9. The van der Waals surface area contributed by atoms with Crippen molar-refractivity contribution in [2.75, 3.05) is 23.3 Å². The normalized spacial score (nSPS) is 19.9. The van der Waals surface area contributed by atoms with Crippen LogP contribution in [0, 0.1) is 0 Å². The number of aromatic nitrogens is 2. The van der Waals surface area contributed by atoms with Crippen molar-refractivity contribution >= 4 is 27.6 Å². The zero-order valence-electron chi connectivity index (χ0n) is 11.1. The number of nitrogens with zero attached hydrogens (tertiary/aromatic N) is 3. The number of nitrogens with one attached hydrogen (secondary N) is 1. The molecule has 1 aliphatic rings. The summed E-state index contributed by atoms with van der Waals surface area (Å²) in [6.07, 6.45) is 6.55. The molecule has 0 spiro atoms. The molecule has 1 unspecified atom stereocenters. The lowest BCUT2D eigenvalue weighted by Gasteiger charge is -2.35. The summed E-state index contributed by atoms with van der Waals surface area (Å²) >= 11 is 3.65. The van der Waals surface area contributed by atoms with Crippen LogP contribution >= 0.6 is 15.9 Å². The number of rotatable bonds is 4. The van der Waals surface area contributed by atoms with Crippen LogP contribution in [-0.4, -0.2) is 29.1 Å². The van der Waals surface area contributed by atoms with E-state index in [1.165, 1.54) is 19.3 Å². The second-order valence-electron chi connectivity index (χ2n) is 4.82. The summed E-state index contributed by atoms with van der Waals surface area (Å²) in [5, 5.41) is 3.33. The fraction of sp³-hybridized carbons (Fsp3) is 0.692. The Bertz CT molecular complexity index is 397. The molecule has 1 atom stereocenters. The van der Waals surface area contributed by atoms with E-state index in [2.05, 4.69) is 50.0 Å². The molecular formula is C13H21BrN4. The Labute approximate surface area is 117 Å². The van der Waals surface area contributed by atoms with Gasteiger partial charge in [-0.15, -0.1) is 0 Å². The zero-order valence-corrected chi connectivity index (χ0v) is 12.7. The first kappa shape index (κ1) is 13.6. The van der Waals surface area contributed by atoms with Crippen molar-refractivity contribution in [3.63, 3.8) is 0 Å². The molecule has 18 heavy (non-hydrogen) atoms. The second-order valence-corrected chi connectivity index (χ2v) is 5.62. The molecule has 0 radical (unpaired) electrons. The topological polar surface area (TPSA) is 41.1 Å². The summed E-state index contributed by atoms with van der Waals surface area (Å²) < 4.78 is 0.993. The monoisotopic (exact) mass is 312 g/mol. The van der Waals surface area contributed by atoms with Gasteiger partial charge in [0.2, 0.25) is 0 Å². The van der Waals surface area contributed by atoms with E-state index in [9.17, 15) is 0 Å². The van der Waals surface area contributed by atoms with E-state index in [0.717, 1.165) is 35.6 Å². The molecular weight excluding hydrogens is 292 g/mol. The second kappa shape index (κ2) is 6.36. The van der Waals surface area contributed by atoms with Crippen molar-refractivity contribution in [2.45, 2.75) is 45.6 Å². The van der Waals surface area contributed by atoms with Gasteiger partial charge in [0.05, 0.1) is 0 Å². The molecule has 1 fully saturated rings. The lowest BCUT2D eigenvalue weighted by molar-refractivity contribution is 0.480. The van der Waals surface area contributed by atoms with Gasteiger partial charge in [-0.1, -0.05) is 6.92 Å². The van der Waals surface area contributed by atoms with Crippen LogP contribution < -0.4 is 10.2 Å². The minimum atomic E-state index is 0.559. The van der Waals surface area contributed by atoms with Crippen LogP contribution in [0.15, 0.2) is 10.8 Å². The number of anilines is 2. The van der Waals surface area contributed by atoms with Crippen molar-refractivity contribution < 1.29 is 0 Å². The first-order valence-corrected chi connectivity index (χ1v) is 7.54. The Morgan fingerprint density at radius 2 is 2.28 bits per heavy atom. The van der Waals surface area contributed by atoms with Crippen LogP contribution in [0.4, 0.5) is 11.6 Å². The minimum Gasteiger partial charge on any atom is -0.369 e. The Kier molecular flexibility index (Phi) is 4.80. The van der Waals surface area contributed by atoms with Gasteiger partial charge < -0.3 is 10.2 Å². The van der Waals surface area contributed by atoms with Crippen molar-refractivity contribution in [3.05, 3.63) is 10.8 Å². The lowest BCUT2D eigenvalue weighted by Crippen LogP contribution is -2.38. The van der Waals surface area contributed by atoms with Gasteiger partial charge in [0.25, 0.3) is 0 Å². The van der Waals surface area contributed by atoms with E-state index in [1.807, 2.05) is 0 Å². The predicted molar refractivity (Wildman–Crippen MR) is 79.2 cm³/mol. The highest BCUT2D eigenvalue weighted by molar-refractivity contribution is 9.10. The lowest BCUT2D eigenvalue weighted by atomic mass is 10.0. The molecule has 5 heteroatoms. The van der Waals surface area contributed by atoms with E-state index in [0.29, 0.717) is 6.04 Å². The fourth-order valence-electron chi connectivity index (χ4n) is 2.34. The van der Waals surface area contributed by atoms with Gasteiger partial charge >= 0.3 is 0 Å². The largest absolute Gasteiger partial charge is 0.369 e. The van der Waals surface area contributed by atoms with E-state index in [1.54, 1.807) is 6.33 Å². The summed E-state index contributed by atoms with van der Waals surface area (Å²) in [6, 6.07) is 0.559. The molecule has 1 N–H and O–H groups in total. The van der Waals surface area contributed by atoms with Gasteiger partial charge in [-0.25, -0.2) is 9.97 Å². The van der Waals surface area contributed by atoms with Crippen LogP contribution in [0.2, 0.25) is 0 Å². The number of hydrogen-bond donors (Lipinski definition) is 1. The third-order valence-electron chi connectivity index (χ3n) is 3.39. The Morgan fingerprint density at radius 1 is 1.44 bits per heavy atom. The summed E-state index contributed by atoms with van der Waals surface area (Å²) in [4.78, 5) is 11.1. The molecule has 0 bridgehead atoms. The van der Waals surface area contributed by atoms with Crippen LogP contribution in [0.5, 0.6) is 0 Å². The Hall–Kier alpha value is -0.840. The Morgan fingerprint density at radius 3 is 3.00 bits per heavy atom. The van der Waals surface area contributed by atoms with E-state index >= 15 is 0 Å². The zero-order chi connectivity index (χ0) is 13.0. The SMILES string of the molecule is CCCNc1ncnc(N2CCCCC2C)c1Br. The van der Waals surface area contributed by atoms with Gasteiger partial charge in [-0.05, 0) is 48.5 Å². The van der Waals surface area contributed by atoms with Crippen LogP contribution in [0.1, 0.15) is 39.5 Å². The molecule has 1 aliphatic heterocycles. The van der Waals surface area contributed by atoms with E-state index in [4.69, 9.17) is 0 Å². The maximum atomic E-state index is 4.45. The molecule has 100 valence electrons. The van der Waals surface area contributed by atoms with Crippen LogP contribution in [0.3, 0.4) is 0 Å². The first-order chi connectivity index (χ1) is 8.74. The van der Waals surface area contributed by atoms with E-state index < -0.39 is 0 Å². The van der Waals surface area contributed by atoms with Gasteiger partial charge in [0.15, 0.2) is 0 Å². The fourth-order valence-corrected chi connectivity index (χ4v) is 2.91. The van der Waals surface area contributed by atoms with Crippen LogP contribution in [0.25, 0.3) is 0 Å². The number of piperidine rings is 1.